The van der Waals surface area contributed by atoms with Gasteiger partial charge in [0.2, 0.25) is 0 Å². The number of aromatic nitrogens is 4. The number of thiophene rings is 1. The van der Waals surface area contributed by atoms with Crippen molar-refractivity contribution in [3.63, 3.8) is 0 Å². The summed E-state index contributed by atoms with van der Waals surface area (Å²) in [5, 5.41) is 14.3. The van der Waals surface area contributed by atoms with Crippen molar-refractivity contribution in [1.29, 1.82) is 0 Å². The Morgan fingerprint density at radius 2 is 1.00 bits per heavy atom. The van der Waals surface area contributed by atoms with Gasteiger partial charge in [-0.2, -0.15) is 0 Å². The maximum Gasteiger partial charge on any atom is 0.165 e. The van der Waals surface area contributed by atoms with E-state index in [9.17, 15) is 0 Å². The molecule has 10 aromatic carbocycles. The largest absolute Gasteiger partial charge is 0.309 e. The van der Waals surface area contributed by atoms with E-state index in [0.29, 0.717) is 17.5 Å². The minimum atomic E-state index is 0.651. The van der Waals surface area contributed by atoms with E-state index in [1.165, 1.54) is 58.1 Å². The molecular weight excluding hydrogens is 749 g/mol. The standard InChI is InChI=1S/C55H32N4S/c1-2-15-35(16-3-1)53-56-54(44-24-12-20-33-13-6-9-21-40(33)44)58-55(57-53)51-41-22-10-8-19-38(41)31-49-50(51)45-28-26-39(32-48(45)60-49)59-47-30-37-18-5-4-17-36(37)29-46(47)43-27-25-34-14-7-11-23-42(34)52(43)59/h1-32H. The van der Waals surface area contributed by atoms with Crippen LogP contribution in [0.25, 0.3) is 125 Å². The molecular formula is C55H32N4S. The van der Waals surface area contributed by atoms with Gasteiger partial charge in [0, 0.05) is 58.7 Å². The van der Waals surface area contributed by atoms with Crippen LogP contribution in [0.1, 0.15) is 0 Å². The van der Waals surface area contributed by atoms with E-state index < -0.39 is 0 Å². The minimum absolute atomic E-state index is 0.651. The molecule has 0 unspecified atom stereocenters. The second kappa shape index (κ2) is 12.9. The third-order valence-corrected chi connectivity index (χ3v) is 13.3. The van der Waals surface area contributed by atoms with Gasteiger partial charge in [0.1, 0.15) is 0 Å². The zero-order valence-corrected chi connectivity index (χ0v) is 33.0. The maximum absolute atomic E-state index is 5.39. The Hall–Kier alpha value is -7.73. The van der Waals surface area contributed by atoms with Gasteiger partial charge in [-0.3, -0.25) is 0 Å². The summed E-state index contributed by atoms with van der Waals surface area (Å²) in [6.07, 6.45) is 0. The van der Waals surface area contributed by atoms with Gasteiger partial charge in [0.25, 0.3) is 0 Å². The third kappa shape index (κ3) is 5.00. The molecule has 13 rings (SSSR count). The lowest BCUT2D eigenvalue weighted by Crippen LogP contribution is -2.01. The van der Waals surface area contributed by atoms with Gasteiger partial charge in [-0.25, -0.2) is 15.0 Å². The minimum Gasteiger partial charge on any atom is -0.309 e. The molecule has 3 heterocycles. The Bertz CT molecular complexity index is 3890. The predicted octanol–water partition coefficient (Wildman–Crippen LogP) is 15.0. The van der Waals surface area contributed by atoms with Gasteiger partial charge < -0.3 is 4.57 Å². The van der Waals surface area contributed by atoms with Gasteiger partial charge in [-0.15, -0.1) is 11.3 Å². The Kier molecular flexibility index (Phi) is 7.14. The van der Waals surface area contributed by atoms with Crippen LogP contribution in [0.4, 0.5) is 0 Å². The molecule has 0 spiro atoms. The van der Waals surface area contributed by atoms with Crippen LogP contribution in [0.15, 0.2) is 194 Å². The molecule has 0 atom stereocenters. The van der Waals surface area contributed by atoms with Crippen LogP contribution >= 0.6 is 11.3 Å². The van der Waals surface area contributed by atoms with E-state index in [-0.39, 0.29) is 0 Å². The highest BCUT2D eigenvalue weighted by Crippen LogP contribution is 2.46. The first-order valence-corrected chi connectivity index (χ1v) is 21.1. The molecule has 60 heavy (non-hydrogen) atoms. The van der Waals surface area contributed by atoms with Crippen LogP contribution in [-0.2, 0) is 0 Å². The second-order valence-corrected chi connectivity index (χ2v) is 16.6. The highest BCUT2D eigenvalue weighted by Gasteiger charge is 2.22. The Labute approximate surface area is 348 Å². The summed E-state index contributed by atoms with van der Waals surface area (Å²) >= 11 is 1.83. The first-order chi connectivity index (χ1) is 29.7. The van der Waals surface area contributed by atoms with Gasteiger partial charge in [0.05, 0.1) is 11.0 Å². The molecule has 0 aliphatic rings. The summed E-state index contributed by atoms with van der Waals surface area (Å²) < 4.78 is 4.89. The Balaban J connectivity index is 1.10. The lowest BCUT2D eigenvalue weighted by atomic mass is 9.97. The monoisotopic (exact) mass is 780 g/mol. The first-order valence-electron chi connectivity index (χ1n) is 20.3. The average molecular weight is 781 g/mol. The summed E-state index contributed by atoms with van der Waals surface area (Å²) in [5.74, 6) is 1.97. The lowest BCUT2D eigenvalue weighted by molar-refractivity contribution is 1.08. The summed E-state index contributed by atoms with van der Waals surface area (Å²) in [5.41, 5.74) is 6.52. The molecule has 0 aliphatic heterocycles. The van der Waals surface area contributed by atoms with Gasteiger partial charge in [-0.05, 0) is 68.0 Å². The summed E-state index contributed by atoms with van der Waals surface area (Å²) in [6, 6.07) is 69.7. The zero-order valence-electron chi connectivity index (χ0n) is 32.2. The molecule has 0 saturated carbocycles. The predicted molar refractivity (Wildman–Crippen MR) is 253 cm³/mol. The molecule has 3 aromatic heterocycles. The van der Waals surface area contributed by atoms with E-state index in [1.54, 1.807) is 0 Å². The van der Waals surface area contributed by atoms with E-state index in [2.05, 4.69) is 180 Å². The Morgan fingerprint density at radius 3 is 1.83 bits per heavy atom. The number of hydrogen-bond donors (Lipinski definition) is 0. The normalized spacial score (nSPS) is 12.0. The van der Waals surface area contributed by atoms with Crippen LogP contribution in [0.3, 0.4) is 0 Å². The summed E-state index contributed by atoms with van der Waals surface area (Å²) in [4.78, 5) is 15.9. The molecule has 0 radical (unpaired) electrons. The molecule has 0 amide bonds. The molecule has 0 N–H and O–H groups in total. The second-order valence-electron chi connectivity index (χ2n) is 15.6. The fourth-order valence-electron chi connectivity index (χ4n) is 9.44. The Morgan fingerprint density at radius 1 is 0.367 bits per heavy atom. The number of hydrogen-bond acceptors (Lipinski definition) is 4. The van der Waals surface area contributed by atoms with Crippen molar-refractivity contribution in [3.8, 4) is 39.9 Å². The first kappa shape index (κ1) is 33.3. The molecule has 4 nitrogen and oxygen atoms in total. The number of benzene rings is 10. The molecule has 0 saturated heterocycles. The molecule has 0 aliphatic carbocycles. The van der Waals surface area contributed by atoms with Crippen LogP contribution in [0.2, 0.25) is 0 Å². The van der Waals surface area contributed by atoms with E-state index >= 15 is 0 Å². The fourth-order valence-corrected chi connectivity index (χ4v) is 10.6. The molecule has 5 heteroatoms. The SMILES string of the molecule is c1ccc(-c2nc(-c3cccc4ccccc34)nc(-c3c4ccccc4cc4sc5cc(-n6c7cc8ccccc8cc7c7ccc8ccccc8c76)ccc5c34)n2)cc1. The molecule has 278 valence electrons. The average Bonchev–Trinajstić information content (AvgIpc) is 3.84. The van der Waals surface area contributed by atoms with E-state index in [0.717, 1.165) is 49.3 Å². The van der Waals surface area contributed by atoms with Crippen molar-refractivity contribution in [3.05, 3.63) is 194 Å². The number of fused-ring (bicyclic) bond motifs is 11. The van der Waals surface area contributed by atoms with Crippen molar-refractivity contribution >= 4 is 96.4 Å². The third-order valence-electron chi connectivity index (χ3n) is 12.2. The van der Waals surface area contributed by atoms with Crippen molar-refractivity contribution < 1.29 is 0 Å². The zero-order chi connectivity index (χ0) is 39.3. The van der Waals surface area contributed by atoms with Crippen molar-refractivity contribution in [2.75, 3.05) is 0 Å². The van der Waals surface area contributed by atoms with Gasteiger partial charge >= 0.3 is 0 Å². The fraction of sp³-hybridized carbons (Fsp3) is 0. The number of rotatable bonds is 4. The van der Waals surface area contributed by atoms with Gasteiger partial charge in [0.15, 0.2) is 17.5 Å². The quantitative estimate of drug-likeness (QED) is 0.179. The highest BCUT2D eigenvalue weighted by molar-refractivity contribution is 7.26. The summed E-state index contributed by atoms with van der Waals surface area (Å²) in [6.45, 7) is 0. The van der Waals surface area contributed by atoms with Crippen LogP contribution < -0.4 is 0 Å². The molecule has 0 fully saturated rings. The summed E-state index contributed by atoms with van der Waals surface area (Å²) in [7, 11) is 0. The van der Waals surface area contributed by atoms with Crippen LogP contribution in [0, 0.1) is 0 Å². The molecule has 13 aromatic rings. The maximum atomic E-state index is 5.39. The number of nitrogens with zero attached hydrogens (tertiary/aromatic N) is 4. The van der Waals surface area contributed by atoms with Crippen LogP contribution in [-0.4, -0.2) is 19.5 Å². The van der Waals surface area contributed by atoms with Crippen molar-refractivity contribution in [2.45, 2.75) is 0 Å². The van der Waals surface area contributed by atoms with Crippen LogP contribution in [0.5, 0.6) is 0 Å². The van der Waals surface area contributed by atoms with Crippen molar-refractivity contribution in [2.24, 2.45) is 0 Å². The van der Waals surface area contributed by atoms with E-state index in [4.69, 9.17) is 15.0 Å². The lowest BCUT2D eigenvalue weighted by Gasteiger charge is -2.13. The molecule has 0 bridgehead atoms. The topological polar surface area (TPSA) is 43.6 Å². The van der Waals surface area contributed by atoms with Gasteiger partial charge in [-0.1, -0.05) is 164 Å². The van der Waals surface area contributed by atoms with E-state index in [1.807, 2.05) is 29.5 Å². The van der Waals surface area contributed by atoms with Crippen molar-refractivity contribution in [1.82, 2.24) is 19.5 Å². The highest BCUT2D eigenvalue weighted by atomic mass is 32.1. The smallest absolute Gasteiger partial charge is 0.165 e.